The summed E-state index contributed by atoms with van der Waals surface area (Å²) in [6.07, 6.45) is 1.84. The molecule has 0 radical (unpaired) electrons. The van der Waals surface area contributed by atoms with Gasteiger partial charge in [0.1, 0.15) is 0 Å². The number of nitrogens with one attached hydrogen (secondary N) is 1. The Morgan fingerprint density at radius 1 is 1.00 bits per heavy atom. The van der Waals surface area contributed by atoms with Gasteiger partial charge in [-0.15, -0.1) is 0 Å². The van der Waals surface area contributed by atoms with Crippen molar-refractivity contribution in [2.45, 2.75) is 0 Å². The summed E-state index contributed by atoms with van der Waals surface area (Å²) in [4.78, 5) is 11.5. The van der Waals surface area contributed by atoms with Gasteiger partial charge in [-0.3, -0.25) is 0 Å². The average Bonchev–Trinajstić information content (AvgIpc) is 2.77. The first-order valence-electron chi connectivity index (χ1n) is 4.90. The minimum Gasteiger partial charge on any atom is -0.358 e. The number of benzene rings is 1. The van der Waals surface area contributed by atoms with Crippen LogP contribution < -0.4 is 0 Å². The number of nitrogens with zero attached hydrogens (tertiary/aromatic N) is 2. The van der Waals surface area contributed by atoms with Crippen LogP contribution in [0, 0.1) is 0 Å². The zero-order valence-corrected chi connectivity index (χ0v) is 9.07. The Morgan fingerprint density at radius 2 is 1.81 bits per heavy atom. The number of halogens is 1. The first-order chi connectivity index (χ1) is 7.84. The first kappa shape index (κ1) is 9.36. The number of fused-ring (bicyclic) bond motifs is 1. The van der Waals surface area contributed by atoms with Crippen LogP contribution in [0.1, 0.15) is 0 Å². The molecule has 0 amide bonds. The summed E-state index contributed by atoms with van der Waals surface area (Å²) in [6.45, 7) is 0. The highest BCUT2D eigenvalue weighted by molar-refractivity contribution is 6.28. The van der Waals surface area contributed by atoms with Gasteiger partial charge in [0, 0.05) is 11.8 Å². The molecular formula is C12H8ClN3. The zero-order valence-electron chi connectivity index (χ0n) is 8.31. The van der Waals surface area contributed by atoms with Crippen molar-refractivity contribution in [2.24, 2.45) is 0 Å². The normalized spacial score (nSPS) is 10.8. The Labute approximate surface area is 97.1 Å². The molecule has 3 aromatic rings. The molecular weight excluding hydrogens is 222 g/mol. The molecule has 1 aromatic carbocycles. The second-order valence-electron chi connectivity index (χ2n) is 3.45. The van der Waals surface area contributed by atoms with Crippen LogP contribution in [0.25, 0.3) is 22.3 Å². The number of hydrogen-bond acceptors (Lipinski definition) is 2. The quantitative estimate of drug-likeness (QED) is 0.651. The molecule has 3 rings (SSSR count). The molecule has 3 nitrogen and oxygen atoms in total. The molecule has 0 aliphatic heterocycles. The fraction of sp³-hybridized carbons (Fsp3) is 0. The van der Waals surface area contributed by atoms with E-state index in [-0.39, 0.29) is 5.28 Å². The van der Waals surface area contributed by atoms with E-state index in [4.69, 9.17) is 11.6 Å². The lowest BCUT2D eigenvalue weighted by Crippen LogP contribution is -1.89. The van der Waals surface area contributed by atoms with Crippen LogP contribution in [-0.2, 0) is 0 Å². The van der Waals surface area contributed by atoms with Crippen LogP contribution in [0.5, 0.6) is 0 Å². The van der Waals surface area contributed by atoms with E-state index >= 15 is 0 Å². The summed E-state index contributed by atoms with van der Waals surface area (Å²) in [7, 11) is 0. The van der Waals surface area contributed by atoms with Crippen LogP contribution in [-0.4, -0.2) is 15.0 Å². The minimum absolute atomic E-state index is 0.269. The molecule has 0 aliphatic carbocycles. The van der Waals surface area contributed by atoms with Crippen molar-refractivity contribution in [3.05, 3.63) is 47.9 Å². The molecule has 0 unspecified atom stereocenters. The molecule has 0 aliphatic rings. The number of H-pyrrole nitrogens is 1. The molecule has 2 aromatic heterocycles. The predicted molar refractivity (Wildman–Crippen MR) is 64.3 cm³/mol. The molecule has 0 bridgehead atoms. The lowest BCUT2D eigenvalue weighted by atomic mass is 10.1. The van der Waals surface area contributed by atoms with Crippen molar-refractivity contribution in [1.82, 2.24) is 15.0 Å². The third-order valence-corrected chi connectivity index (χ3v) is 2.59. The van der Waals surface area contributed by atoms with Crippen LogP contribution in [0.15, 0.2) is 42.6 Å². The molecule has 0 fully saturated rings. The topological polar surface area (TPSA) is 41.6 Å². The van der Waals surface area contributed by atoms with E-state index in [1.165, 1.54) is 0 Å². The smallest absolute Gasteiger partial charge is 0.223 e. The van der Waals surface area contributed by atoms with Gasteiger partial charge < -0.3 is 4.98 Å². The van der Waals surface area contributed by atoms with Crippen LogP contribution >= 0.6 is 11.6 Å². The van der Waals surface area contributed by atoms with Crippen molar-refractivity contribution >= 4 is 22.6 Å². The number of aromatic nitrogens is 3. The van der Waals surface area contributed by atoms with Crippen LogP contribution in [0.4, 0.5) is 0 Å². The fourth-order valence-electron chi connectivity index (χ4n) is 1.72. The van der Waals surface area contributed by atoms with Gasteiger partial charge in [-0.1, -0.05) is 30.3 Å². The molecule has 0 saturated heterocycles. The Kier molecular flexibility index (Phi) is 2.11. The molecule has 16 heavy (non-hydrogen) atoms. The van der Waals surface area contributed by atoms with Crippen molar-refractivity contribution < 1.29 is 0 Å². The monoisotopic (exact) mass is 229 g/mol. The van der Waals surface area contributed by atoms with Gasteiger partial charge in [0.15, 0.2) is 0 Å². The van der Waals surface area contributed by atoms with Gasteiger partial charge in [-0.25, -0.2) is 9.97 Å². The fourth-order valence-corrected chi connectivity index (χ4v) is 1.90. The molecule has 1 N–H and O–H groups in total. The average molecular weight is 230 g/mol. The van der Waals surface area contributed by atoms with Gasteiger partial charge in [0.25, 0.3) is 0 Å². The van der Waals surface area contributed by atoms with Gasteiger partial charge in [0.05, 0.1) is 16.7 Å². The molecule has 0 atom stereocenters. The summed E-state index contributed by atoms with van der Waals surface area (Å²) in [5, 5.41) is 0.269. The highest BCUT2D eigenvalue weighted by atomic mass is 35.5. The van der Waals surface area contributed by atoms with E-state index < -0.39 is 0 Å². The molecule has 0 spiro atoms. The lowest BCUT2D eigenvalue weighted by Gasteiger charge is -2.02. The van der Waals surface area contributed by atoms with E-state index in [0.29, 0.717) is 0 Å². The van der Waals surface area contributed by atoms with E-state index in [9.17, 15) is 0 Å². The van der Waals surface area contributed by atoms with Gasteiger partial charge in [0.2, 0.25) is 5.28 Å². The van der Waals surface area contributed by atoms with Gasteiger partial charge in [-0.05, 0) is 17.7 Å². The Balaban J connectivity index is 2.34. The number of hydrogen-bond donors (Lipinski definition) is 1. The highest BCUT2D eigenvalue weighted by Crippen LogP contribution is 2.25. The summed E-state index contributed by atoms with van der Waals surface area (Å²) in [5.74, 6) is 0. The van der Waals surface area contributed by atoms with Gasteiger partial charge in [-0.2, -0.15) is 0 Å². The van der Waals surface area contributed by atoms with Crippen molar-refractivity contribution in [2.75, 3.05) is 0 Å². The predicted octanol–water partition coefficient (Wildman–Crippen LogP) is 3.28. The number of rotatable bonds is 1. The largest absolute Gasteiger partial charge is 0.358 e. The minimum atomic E-state index is 0.269. The second-order valence-corrected chi connectivity index (χ2v) is 3.78. The molecule has 4 heteroatoms. The zero-order chi connectivity index (χ0) is 11.0. The number of aromatic amines is 1. The summed E-state index contributed by atoms with van der Waals surface area (Å²) >= 11 is 5.89. The summed E-state index contributed by atoms with van der Waals surface area (Å²) < 4.78 is 0. The summed E-state index contributed by atoms with van der Waals surface area (Å²) in [5.41, 5.74) is 3.61. The maximum Gasteiger partial charge on any atom is 0.223 e. The maximum absolute atomic E-state index is 5.89. The van der Waals surface area contributed by atoms with E-state index in [0.717, 1.165) is 22.3 Å². The SMILES string of the molecule is Clc1nc(-c2ccccc2)c2[nH]ccc2n1. The lowest BCUT2D eigenvalue weighted by molar-refractivity contribution is 1.22. The third-order valence-electron chi connectivity index (χ3n) is 2.43. The van der Waals surface area contributed by atoms with E-state index in [2.05, 4.69) is 15.0 Å². The standard InChI is InChI=1S/C12H8ClN3/c13-12-15-9-6-7-14-11(9)10(16-12)8-4-2-1-3-5-8/h1-7,14H. The molecule has 78 valence electrons. The summed E-state index contributed by atoms with van der Waals surface area (Å²) in [6, 6.07) is 11.8. The second kappa shape index (κ2) is 3.61. The third kappa shape index (κ3) is 1.46. The highest BCUT2D eigenvalue weighted by Gasteiger charge is 2.08. The van der Waals surface area contributed by atoms with Crippen molar-refractivity contribution in [3.8, 4) is 11.3 Å². The van der Waals surface area contributed by atoms with Crippen LogP contribution in [0.3, 0.4) is 0 Å². The van der Waals surface area contributed by atoms with Crippen LogP contribution in [0.2, 0.25) is 5.28 Å². The van der Waals surface area contributed by atoms with E-state index in [1.54, 1.807) is 0 Å². The van der Waals surface area contributed by atoms with Crippen molar-refractivity contribution in [1.29, 1.82) is 0 Å². The first-order valence-corrected chi connectivity index (χ1v) is 5.28. The maximum atomic E-state index is 5.89. The Morgan fingerprint density at radius 3 is 2.62 bits per heavy atom. The Bertz CT molecular complexity index is 631. The Hall–Kier alpha value is -1.87. The van der Waals surface area contributed by atoms with Crippen molar-refractivity contribution in [3.63, 3.8) is 0 Å². The molecule has 2 heterocycles. The van der Waals surface area contributed by atoms with E-state index in [1.807, 2.05) is 42.6 Å². The van der Waals surface area contributed by atoms with Gasteiger partial charge >= 0.3 is 0 Å². The molecule has 0 saturated carbocycles.